The maximum Gasteiger partial charge on any atom is 0.409 e. The minimum absolute atomic E-state index is 0.141. The van der Waals surface area contributed by atoms with Crippen LogP contribution in [0.2, 0.25) is 0 Å². The van der Waals surface area contributed by atoms with Crippen LogP contribution >= 0.6 is 0 Å². The van der Waals surface area contributed by atoms with Gasteiger partial charge < -0.3 is 19.1 Å². The minimum Gasteiger partial charge on any atom is -0.453 e. The van der Waals surface area contributed by atoms with E-state index in [1.807, 2.05) is 0 Å². The van der Waals surface area contributed by atoms with Crippen LogP contribution in [-0.4, -0.2) is 54.1 Å². The van der Waals surface area contributed by atoms with Gasteiger partial charge in [0.25, 0.3) is 0 Å². The molecule has 0 bridgehead atoms. The highest BCUT2D eigenvalue weighted by Gasteiger charge is 2.36. The Hall–Kier alpha value is -3.50. The molecule has 0 N–H and O–H groups in total. The Labute approximate surface area is 189 Å². The third-order valence-corrected chi connectivity index (χ3v) is 5.23. The Kier molecular flexibility index (Phi) is 7.23. The molecule has 0 unspecified atom stereocenters. The van der Waals surface area contributed by atoms with Gasteiger partial charge in [-0.25, -0.2) is 9.64 Å². The summed E-state index contributed by atoms with van der Waals surface area (Å²) >= 11 is 0. The molecule has 3 rings (SSSR count). The zero-order valence-electron chi connectivity index (χ0n) is 17.8. The SMILES string of the molecule is [C-]#[N+]c1ccc(N(Cc2noc(C3CCN(C(=O)OC)CC3)n2)CC(F)(F)F)cc1C(F)(F)F. The molecule has 14 heteroatoms. The fraction of sp³-hybridized carbons (Fsp3) is 0.500. The number of amides is 1. The third-order valence-electron chi connectivity index (χ3n) is 5.23. The first kappa shape index (κ1) is 25.1. The van der Waals surface area contributed by atoms with E-state index in [2.05, 4.69) is 19.7 Å². The van der Waals surface area contributed by atoms with Crippen molar-refractivity contribution in [1.82, 2.24) is 15.0 Å². The number of methoxy groups -OCH3 is 1. The summed E-state index contributed by atoms with van der Waals surface area (Å²) in [6, 6.07) is 2.34. The molecule has 1 saturated heterocycles. The Bertz CT molecular complexity index is 1050. The second-order valence-electron chi connectivity index (χ2n) is 7.56. The molecule has 1 aliphatic rings. The van der Waals surface area contributed by atoms with Gasteiger partial charge in [-0.1, -0.05) is 11.2 Å². The molecule has 0 aliphatic carbocycles. The van der Waals surface area contributed by atoms with Gasteiger partial charge in [-0.2, -0.15) is 31.3 Å². The lowest BCUT2D eigenvalue weighted by Crippen LogP contribution is -2.37. The summed E-state index contributed by atoms with van der Waals surface area (Å²) in [5.74, 6) is -0.198. The first-order chi connectivity index (χ1) is 15.9. The second-order valence-corrected chi connectivity index (χ2v) is 7.56. The molecule has 1 fully saturated rings. The molecule has 34 heavy (non-hydrogen) atoms. The molecule has 1 aromatic heterocycles. The lowest BCUT2D eigenvalue weighted by molar-refractivity contribution is -0.136. The van der Waals surface area contributed by atoms with E-state index in [1.54, 1.807) is 0 Å². The van der Waals surface area contributed by atoms with Gasteiger partial charge >= 0.3 is 18.4 Å². The fourth-order valence-corrected chi connectivity index (χ4v) is 3.61. The second kappa shape index (κ2) is 9.78. The van der Waals surface area contributed by atoms with Crippen molar-refractivity contribution in [3.63, 3.8) is 0 Å². The van der Waals surface area contributed by atoms with Crippen molar-refractivity contribution in [3.05, 3.63) is 46.9 Å². The molecule has 0 saturated carbocycles. The standard InChI is InChI=1S/C20H19F6N5O3/c1-27-15-4-3-13(9-14(15)20(24,25)26)31(11-19(21,22)23)10-16-28-17(34-29-16)12-5-7-30(8-6-12)18(32)33-2/h3-4,9,12H,5-8,10-11H2,2H3. The average molecular weight is 491 g/mol. The number of alkyl halides is 6. The van der Waals surface area contributed by atoms with Crippen LogP contribution in [0.4, 0.5) is 42.5 Å². The first-order valence-corrected chi connectivity index (χ1v) is 9.97. The number of aromatic nitrogens is 2. The fourth-order valence-electron chi connectivity index (χ4n) is 3.61. The molecular weight excluding hydrogens is 472 g/mol. The van der Waals surface area contributed by atoms with E-state index in [9.17, 15) is 31.1 Å². The summed E-state index contributed by atoms with van der Waals surface area (Å²) in [6.07, 6.45) is -9.19. The van der Waals surface area contributed by atoms with E-state index in [4.69, 9.17) is 11.1 Å². The lowest BCUT2D eigenvalue weighted by atomic mass is 9.97. The summed E-state index contributed by atoms with van der Waals surface area (Å²) in [4.78, 5) is 20.6. The third kappa shape index (κ3) is 6.09. The Balaban J connectivity index is 1.80. The van der Waals surface area contributed by atoms with E-state index in [0.717, 1.165) is 12.1 Å². The minimum atomic E-state index is -4.92. The molecule has 1 aromatic carbocycles. The van der Waals surface area contributed by atoms with E-state index >= 15 is 0 Å². The number of anilines is 1. The molecule has 2 heterocycles. The van der Waals surface area contributed by atoms with Crippen LogP contribution in [0.15, 0.2) is 22.7 Å². The molecule has 0 spiro atoms. The summed E-state index contributed by atoms with van der Waals surface area (Å²) in [6.45, 7) is 5.47. The number of carbonyl (C=O) groups is 1. The number of halogens is 6. The highest BCUT2D eigenvalue weighted by molar-refractivity contribution is 5.67. The number of piperidine rings is 1. The van der Waals surface area contributed by atoms with Crippen LogP contribution in [0.3, 0.4) is 0 Å². The summed E-state index contributed by atoms with van der Waals surface area (Å²) in [7, 11) is 1.26. The van der Waals surface area contributed by atoms with Crippen molar-refractivity contribution in [1.29, 1.82) is 0 Å². The van der Waals surface area contributed by atoms with Crippen molar-refractivity contribution in [3.8, 4) is 0 Å². The predicted octanol–water partition coefficient (Wildman–Crippen LogP) is 5.15. The van der Waals surface area contributed by atoms with E-state index in [-0.39, 0.29) is 17.6 Å². The number of carbonyl (C=O) groups excluding carboxylic acids is 1. The molecule has 0 radical (unpaired) electrons. The molecule has 8 nitrogen and oxygen atoms in total. The molecule has 0 atom stereocenters. The topological polar surface area (TPSA) is 76.1 Å². The van der Waals surface area contributed by atoms with Gasteiger partial charge in [-0.3, -0.25) is 0 Å². The quantitative estimate of drug-likeness (QED) is 0.425. The summed E-state index contributed by atoms with van der Waals surface area (Å²) in [5.41, 5.74) is -2.45. The number of nitrogens with zero attached hydrogens (tertiary/aromatic N) is 5. The van der Waals surface area contributed by atoms with Gasteiger partial charge in [0, 0.05) is 24.7 Å². The molecule has 1 amide bonds. The van der Waals surface area contributed by atoms with Crippen molar-refractivity contribution >= 4 is 17.5 Å². The normalized spacial score (nSPS) is 15.2. The van der Waals surface area contributed by atoms with Crippen LogP contribution in [-0.2, 0) is 17.5 Å². The summed E-state index contributed by atoms with van der Waals surface area (Å²) in [5, 5.41) is 3.69. The van der Waals surface area contributed by atoms with Gasteiger partial charge in [0.2, 0.25) is 5.89 Å². The van der Waals surface area contributed by atoms with E-state index in [0.29, 0.717) is 36.9 Å². The zero-order chi connectivity index (χ0) is 25.1. The van der Waals surface area contributed by atoms with Crippen molar-refractivity contribution in [2.45, 2.75) is 37.7 Å². The largest absolute Gasteiger partial charge is 0.453 e. The van der Waals surface area contributed by atoms with Gasteiger partial charge in [0.1, 0.15) is 6.54 Å². The van der Waals surface area contributed by atoms with Gasteiger partial charge in [0.15, 0.2) is 11.5 Å². The maximum absolute atomic E-state index is 13.3. The molecule has 2 aromatic rings. The lowest BCUT2D eigenvalue weighted by Gasteiger charge is -2.29. The number of hydrogen-bond acceptors (Lipinski definition) is 6. The van der Waals surface area contributed by atoms with Crippen molar-refractivity contribution in [2.75, 3.05) is 31.6 Å². The Morgan fingerprint density at radius 2 is 1.94 bits per heavy atom. The Morgan fingerprint density at radius 1 is 1.26 bits per heavy atom. The predicted molar refractivity (Wildman–Crippen MR) is 105 cm³/mol. The first-order valence-electron chi connectivity index (χ1n) is 9.97. The zero-order valence-corrected chi connectivity index (χ0v) is 17.8. The van der Waals surface area contributed by atoms with Crippen molar-refractivity contribution < 1.29 is 40.4 Å². The molecule has 1 aliphatic heterocycles. The van der Waals surface area contributed by atoms with E-state index in [1.165, 1.54) is 12.0 Å². The number of likely N-dealkylation sites (tertiary alicyclic amines) is 1. The van der Waals surface area contributed by atoms with Crippen LogP contribution in [0.5, 0.6) is 0 Å². The van der Waals surface area contributed by atoms with Crippen LogP contribution in [0.1, 0.15) is 36.0 Å². The maximum atomic E-state index is 13.3. The molecular formula is C20H19F6N5O3. The van der Waals surface area contributed by atoms with Crippen LogP contribution in [0.25, 0.3) is 4.85 Å². The smallest absolute Gasteiger partial charge is 0.409 e. The highest BCUT2D eigenvalue weighted by atomic mass is 19.4. The monoisotopic (exact) mass is 491 g/mol. The summed E-state index contributed by atoms with van der Waals surface area (Å²) < 4.78 is 89.3. The number of benzene rings is 1. The highest BCUT2D eigenvalue weighted by Crippen LogP contribution is 2.39. The number of rotatable bonds is 5. The van der Waals surface area contributed by atoms with Gasteiger partial charge in [-0.05, 0) is 25.0 Å². The van der Waals surface area contributed by atoms with Gasteiger partial charge in [-0.15, -0.1) is 0 Å². The average Bonchev–Trinajstić information content (AvgIpc) is 3.24. The van der Waals surface area contributed by atoms with E-state index < -0.39 is 48.5 Å². The molecule has 184 valence electrons. The van der Waals surface area contributed by atoms with Gasteiger partial charge in [0.05, 0.1) is 25.8 Å². The Morgan fingerprint density at radius 3 is 2.50 bits per heavy atom. The van der Waals surface area contributed by atoms with Crippen LogP contribution < -0.4 is 4.90 Å². The van der Waals surface area contributed by atoms with Crippen LogP contribution in [0, 0.1) is 6.57 Å². The number of ether oxygens (including phenoxy) is 1. The van der Waals surface area contributed by atoms with Crippen molar-refractivity contribution in [2.24, 2.45) is 0 Å². The number of hydrogen-bond donors (Lipinski definition) is 0.